The summed E-state index contributed by atoms with van der Waals surface area (Å²) in [6, 6.07) is 10.9. The fraction of sp³-hybridized carbons (Fsp3) is 0.227. The highest BCUT2D eigenvalue weighted by Gasteiger charge is 2.12. The Balaban J connectivity index is 1.85. The minimum Gasteiger partial charge on any atom is -0.494 e. The average Bonchev–Trinajstić information content (AvgIpc) is 2.71. The average molecular weight is 393 g/mol. The van der Waals surface area contributed by atoms with Gasteiger partial charge in [0, 0.05) is 25.9 Å². The van der Waals surface area contributed by atoms with E-state index in [2.05, 4.69) is 5.32 Å². The van der Waals surface area contributed by atoms with Crippen LogP contribution in [0, 0.1) is 6.92 Å². The molecule has 0 aliphatic rings. The van der Waals surface area contributed by atoms with Gasteiger partial charge in [0.05, 0.1) is 17.6 Å². The van der Waals surface area contributed by atoms with Gasteiger partial charge in [-0.25, -0.2) is 0 Å². The molecule has 3 rings (SSSR count). The molecule has 1 amide bonds. The first-order valence-electron chi connectivity index (χ1n) is 9.24. The molecular weight excluding hydrogens is 370 g/mol. The van der Waals surface area contributed by atoms with Crippen LogP contribution in [0.4, 0.5) is 5.69 Å². The monoisotopic (exact) mass is 393 g/mol. The van der Waals surface area contributed by atoms with Crippen LogP contribution < -0.4 is 21.2 Å². The molecule has 1 aromatic heterocycles. The Morgan fingerprint density at radius 3 is 2.21 bits per heavy atom. The van der Waals surface area contributed by atoms with E-state index >= 15 is 0 Å². The molecule has 0 aliphatic heterocycles. The molecule has 0 aliphatic carbocycles. The molecule has 0 spiro atoms. The van der Waals surface area contributed by atoms with E-state index in [1.165, 1.54) is 15.2 Å². The quantitative estimate of drug-likeness (QED) is 0.534. The molecule has 3 aromatic rings. The zero-order chi connectivity index (χ0) is 21.1. The third kappa shape index (κ3) is 4.13. The van der Waals surface area contributed by atoms with E-state index in [1.807, 2.05) is 38.1 Å². The summed E-state index contributed by atoms with van der Waals surface area (Å²) < 4.78 is 8.01. The number of anilines is 1. The number of carbonyl (C=O) groups excluding carboxylic acids is 1. The lowest BCUT2D eigenvalue weighted by molar-refractivity contribution is -0.111. The van der Waals surface area contributed by atoms with Crippen molar-refractivity contribution < 1.29 is 9.53 Å². The van der Waals surface area contributed by atoms with E-state index in [1.54, 1.807) is 32.3 Å². The van der Waals surface area contributed by atoms with Gasteiger partial charge in [-0.2, -0.15) is 0 Å². The van der Waals surface area contributed by atoms with Gasteiger partial charge in [-0.3, -0.25) is 14.4 Å². The van der Waals surface area contributed by atoms with Crippen LogP contribution in [0.3, 0.4) is 0 Å². The van der Waals surface area contributed by atoms with E-state index in [9.17, 15) is 14.4 Å². The number of aromatic nitrogens is 2. The minimum atomic E-state index is -0.614. The molecule has 1 heterocycles. The minimum absolute atomic E-state index is 0.295. The van der Waals surface area contributed by atoms with Crippen molar-refractivity contribution in [2.45, 2.75) is 13.8 Å². The molecule has 0 saturated heterocycles. The largest absolute Gasteiger partial charge is 0.494 e. The highest BCUT2D eigenvalue weighted by molar-refractivity contribution is 6.03. The fourth-order valence-corrected chi connectivity index (χ4v) is 3.05. The van der Waals surface area contributed by atoms with Gasteiger partial charge in [-0.15, -0.1) is 0 Å². The molecule has 0 atom stereocenters. The van der Waals surface area contributed by atoms with Crippen molar-refractivity contribution in [2.24, 2.45) is 14.1 Å². The molecular formula is C22H23N3O4. The first kappa shape index (κ1) is 20.1. The van der Waals surface area contributed by atoms with E-state index in [-0.39, 0.29) is 5.91 Å². The number of rotatable bonds is 5. The molecule has 1 N–H and O–H groups in total. The van der Waals surface area contributed by atoms with Gasteiger partial charge in [-0.05, 0) is 55.3 Å². The van der Waals surface area contributed by atoms with Gasteiger partial charge in [0.2, 0.25) is 5.91 Å². The Kier molecular flexibility index (Phi) is 5.68. The molecule has 7 heteroatoms. The number of hydrogen-bond donors (Lipinski definition) is 1. The van der Waals surface area contributed by atoms with Crippen molar-refractivity contribution in [3.63, 3.8) is 0 Å². The molecule has 150 valence electrons. The number of hydrogen-bond acceptors (Lipinski definition) is 4. The maximum Gasteiger partial charge on any atom is 0.316 e. The Morgan fingerprint density at radius 1 is 1.03 bits per heavy atom. The number of nitrogens with one attached hydrogen (secondary N) is 1. The zero-order valence-electron chi connectivity index (χ0n) is 16.9. The highest BCUT2D eigenvalue weighted by Crippen LogP contribution is 2.22. The van der Waals surface area contributed by atoms with Gasteiger partial charge in [-0.1, -0.05) is 12.1 Å². The van der Waals surface area contributed by atoms with Crippen molar-refractivity contribution in [1.29, 1.82) is 0 Å². The molecule has 0 radical (unpaired) electrons. The lowest BCUT2D eigenvalue weighted by Crippen LogP contribution is -2.39. The van der Waals surface area contributed by atoms with E-state index in [4.69, 9.17) is 4.74 Å². The van der Waals surface area contributed by atoms with Crippen LogP contribution in [-0.4, -0.2) is 21.6 Å². The summed E-state index contributed by atoms with van der Waals surface area (Å²) in [5.41, 5.74) is 2.22. The van der Waals surface area contributed by atoms with Gasteiger partial charge in [0.25, 0.3) is 0 Å². The van der Waals surface area contributed by atoms with Crippen molar-refractivity contribution >= 4 is 28.7 Å². The van der Waals surface area contributed by atoms with Crippen molar-refractivity contribution in [3.8, 4) is 5.75 Å². The number of amides is 1. The summed E-state index contributed by atoms with van der Waals surface area (Å²) in [6.45, 7) is 4.35. The van der Waals surface area contributed by atoms with Crippen LogP contribution in [0.25, 0.3) is 17.1 Å². The van der Waals surface area contributed by atoms with Crippen molar-refractivity contribution in [2.75, 3.05) is 11.9 Å². The van der Waals surface area contributed by atoms with Crippen LogP contribution in [0.5, 0.6) is 5.75 Å². The summed E-state index contributed by atoms with van der Waals surface area (Å²) >= 11 is 0. The Hall–Kier alpha value is -3.61. The van der Waals surface area contributed by atoms with E-state index in [0.29, 0.717) is 23.3 Å². The zero-order valence-corrected chi connectivity index (χ0v) is 16.9. The Labute approximate surface area is 167 Å². The number of benzene rings is 2. The predicted molar refractivity (Wildman–Crippen MR) is 114 cm³/mol. The van der Waals surface area contributed by atoms with Gasteiger partial charge in [0.1, 0.15) is 5.75 Å². The predicted octanol–water partition coefficient (Wildman–Crippen LogP) is 2.60. The molecule has 7 nitrogen and oxygen atoms in total. The molecule has 2 aromatic carbocycles. The van der Waals surface area contributed by atoms with Crippen molar-refractivity contribution in [1.82, 2.24) is 9.13 Å². The van der Waals surface area contributed by atoms with Crippen LogP contribution in [0.1, 0.15) is 18.1 Å². The number of fused-ring (bicyclic) bond motifs is 1. The summed E-state index contributed by atoms with van der Waals surface area (Å²) in [6.07, 6.45) is 3.15. The summed E-state index contributed by atoms with van der Waals surface area (Å²) in [7, 11) is 3.10. The normalized spacial score (nSPS) is 11.2. The summed E-state index contributed by atoms with van der Waals surface area (Å²) in [5, 5.41) is 2.83. The lowest BCUT2D eigenvalue weighted by atomic mass is 10.1. The molecule has 29 heavy (non-hydrogen) atoms. The summed E-state index contributed by atoms with van der Waals surface area (Å²) in [5.74, 6) is 0.483. The van der Waals surface area contributed by atoms with Gasteiger partial charge in [0.15, 0.2) is 0 Å². The Morgan fingerprint density at radius 2 is 1.62 bits per heavy atom. The number of ether oxygens (including phenoxy) is 1. The first-order valence-corrected chi connectivity index (χ1v) is 9.24. The van der Waals surface area contributed by atoms with Crippen molar-refractivity contribution in [3.05, 3.63) is 74.3 Å². The second kappa shape index (κ2) is 8.18. The molecule has 0 bridgehead atoms. The van der Waals surface area contributed by atoms with E-state index in [0.717, 1.165) is 16.9 Å². The lowest BCUT2D eigenvalue weighted by Gasteiger charge is -2.13. The third-order valence-corrected chi connectivity index (χ3v) is 4.71. The van der Waals surface area contributed by atoms with Gasteiger partial charge >= 0.3 is 11.1 Å². The SMILES string of the molecule is CCOc1ccc(C=CC(=O)Nc2cc3c(cc2C)n(C)c(=O)c(=O)n3C)cc1. The summed E-state index contributed by atoms with van der Waals surface area (Å²) in [4.78, 5) is 36.4. The number of nitrogens with zero attached hydrogens (tertiary/aromatic N) is 2. The fourth-order valence-electron chi connectivity index (χ4n) is 3.05. The maximum absolute atomic E-state index is 12.4. The Bertz CT molecular complexity index is 1220. The van der Waals surface area contributed by atoms with Gasteiger partial charge < -0.3 is 19.2 Å². The van der Waals surface area contributed by atoms with Crippen LogP contribution in [0.2, 0.25) is 0 Å². The second-order valence-corrected chi connectivity index (χ2v) is 6.71. The molecule has 0 unspecified atom stereocenters. The smallest absolute Gasteiger partial charge is 0.316 e. The van der Waals surface area contributed by atoms with E-state index < -0.39 is 11.1 Å². The second-order valence-electron chi connectivity index (χ2n) is 6.71. The standard InChI is InChI=1S/C22H23N3O4/c1-5-29-16-9-6-15(7-10-16)8-11-20(26)23-17-13-19-18(12-14(17)2)24(3)21(27)22(28)25(19)4/h6-13H,5H2,1-4H3,(H,23,26). The van der Waals surface area contributed by atoms with Crippen LogP contribution >= 0.6 is 0 Å². The van der Waals surface area contributed by atoms with Crippen LogP contribution in [-0.2, 0) is 18.9 Å². The number of carbonyl (C=O) groups is 1. The highest BCUT2D eigenvalue weighted by atomic mass is 16.5. The number of aryl methyl sites for hydroxylation is 3. The topological polar surface area (TPSA) is 82.3 Å². The third-order valence-electron chi connectivity index (χ3n) is 4.71. The molecule has 0 saturated carbocycles. The van der Waals surface area contributed by atoms with Crippen LogP contribution in [0.15, 0.2) is 52.1 Å². The molecule has 0 fully saturated rings. The maximum atomic E-state index is 12.4. The first-order chi connectivity index (χ1) is 13.8.